The summed E-state index contributed by atoms with van der Waals surface area (Å²) in [5.41, 5.74) is 7.96. The lowest BCUT2D eigenvalue weighted by atomic mass is 10.1. The highest BCUT2D eigenvalue weighted by atomic mass is 79.9. The fourth-order valence-electron chi connectivity index (χ4n) is 2.50. The van der Waals surface area contributed by atoms with E-state index in [0.717, 1.165) is 41.9 Å². The second kappa shape index (κ2) is 6.20. The number of hydrogen-bond donors (Lipinski definition) is 1. The Kier molecular flexibility index (Phi) is 4.81. The van der Waals surface area contributed by atoms with Crippen LogP contribution in [0.4, 0.5) is 5.69 Å². The van der Waals surface area contributed by atoms with Gasteiger partial charge in [-0.15, -0.1) is 0 Å². The predicted octanol–water partition coefficient (Wildman–Crippen LogP) is 2.61. The van der Waals surface area contributed by atoms with Crippen LogP contribution >= 0.6 is 28.1 Å². The molecule has 1 aliphatic heterocycles. The van der Waals surface area contributed by atoms with Crippen LogP contribution in [0, 0.1) is 0 Å². The highest BCUT2D eigenvalue weighted by Crippen LogP contribution is 2.28. The summed E-state index contributed by atoms with van der Waals surface area (Å²) in [6.45, 7) is 8.70. The lowest BCUT2D eigenvalue weighted by molar-refractivity contribution is 0.209. The van der Waals surface area contributed by atoms with Gasteiger partial charge in [0.05, 0.1) is 0 Å². The Morgan fingerprint density at radius 2 is 1.89 bits per heavy atom. The monoisotopic (exact) mass is 341 g/mol. The molecule has 5 heteroatoms. The molecule has 3 nitrogen and oxygen atoms in total. The van der Waals surface area contributed by atoms with Gasteiger partial charge in [0.15, 0.2) is 0 Å². The van der Waals surface area contributed by atoms with E-state index in [-0.39, 0.29) is 0 Å². The van der Waals surface area contributed by atoms with Crippen LogP contribution in [0.5, 0.6) is 0 Å². The SMILES string of the molecule is CC(C)N1CCN(c2cccc(Br)c2C(N)=S)CC1. The fourth-order valence-corrected chi connectivity index (χ4v) is 3.41. The summed E-state index contributed by atoms with van der Waals surface area (Å²) in [6.07, 6.45) is 0. The molecule has 1 aromatic rings. The number of hydrogen-bond acceptors (Lipinski definition) is 3. The van der Waals surface area contributed by atoms with E-state index in [9.17, 15) is 0 Å². The van der Waals surface area contributed by atoms with Gasteiger partial charge in [0.2, 0.25) is 0 Å². The van der Waals surface area contributed by atoms with Crippen molar-refractivity contribution in [1.82, 2.24) is 4.90 Å². The average molecular weight is 342 g/mol. The number of piperazine rings is 1. The zero-order valence-corrected chi connectivity index (χ0v) is 13.8. The lowest BCUT2D eigenvalue weighted by Crippen LogP contribution is -2.49. The first-order valence-electron chi connectivity index (χ1n) is 6.58. The Balaban J connectivity index is 2.20. The maximum absolute atomic E-state index is 5.86. The molecule has 1 heterocycles. The van der Waals surface area contributed by atoms with Gasteiger partial charge in [0.1, 0.15) is 4.99 Å². The van der Waals surface area contributed by atoms with Gasteiger partial charge in [0.25, 0.3) is 0 Å². The van der Waals surface area contributed by atoms with Gasteiger partial charge in [-0.1, -0.05) is 18.3 Å². The molecule has 0 saturated carbocycles. The van der Waals surface area contributed by atoms with Crippen LogP contribution in [0.15, 0.2) is 22.7 Å². The minimum absolute atomic E-state index is 0.453. The molecule has 1 fully saturated rings. The van der Waals surface area contributed by atoms with E-state index in [1.165, 1.54) is 0 Å². The molecular formula is C14H20BrN3S. The average Bonchev–Trinajstić information content (AvgIpc) is 2.38. The number of thiocarbonyl (C=S) groups is 1. The maximum Gasteiger partial charge on any atom is 0.107 e. The third-order valence-electron chi connectivity index (χ3n) is 3.62. The summed E-state index contributed by atoms with van der Waals surface area (Å²) < 4.78 is 0.976. The second-order valence-electron chi connectivity index (χ2n) is 5.11. The van der Waals surface area contributed by atoms with E-state index < -0.39 is 0 Å². The quantitative estimate of drug-likeness (QED) is 0.856. The minimum Gasteiger partial charge on any atom is -0.389 e. The van der Waals surface area contributed by atoms with E-state index in [0.29, 0.717) is 11.0 Å². The van der Waals surface area contributed by atoms with Crippen LogP contribution in [0.3, 0.4) is 0 Å². The summed E-state index contributed by atoms with van der Waals surface area (Å²) in [6, 6.07) is 6.74. The first kappa shape index (κ1) is 14.8. The topological polar surface area (TPSA) is 32.5 Å². The lowest BCUT2D eigenvalue weighted by Gasteiger charge is -2.38. The maximum atomic E-state index is 5.86. The molecule has 104 valence electrons. The van der Waals surface area contributed by atoms with Crippen molar-refractivity contribution in [3.8, 4) is 0 Å². The fraction of sp³-hybridized carbons (Fsp3) is 0.500. The third-order valence-corrected chi connectivity index (χ3v) is 4.49. The van der Waals surface area contributed by atoms with Gasteiger partial charge in [-0.05, 0) is 41.9 Å². The van der Waals surface area contributed by atoms with Gasteiger partial charge in [0, 0.05) is 47.9 Å². The van der Waals surface area contributed by atoms with Crippen LogP contribution < -0.4 is 10.6 Å². The Morgan fingerprint density at radius 1 is 1.26 bits per heavy atom. The molecule has 2 rings (SSSR count). The van der Waals surface area contributed by atoms with Crippen molar-refractivity contribution in [2.45, 2.75) is 19.9 Å². The molecule has 0 unspecified atom stereocenters. The van der Waals surface area contributed by atoms with Crippen LogP contribution in [0.25, 0.3) is 0 Å². The molecule has 19 heavy (non-hydrogen) atoms. The van der Waals surface area contributed by atoms with Gasteiger partial charge in [-0.2, -0.15) is 0 Å². The van der Waals surface area contributed by atoms with Gasteiger partial charge >= 0.3 is 0 Å². The van der Waals surface area contributed by atoms with Crippen molar-refractivity contribution in [3.63, 3.8) is 0 Å². The largest absolute Gasteiger partial charge is 0.389 e. The van der Waals surface area contributed by atoms with E-state index in [4.69, 9.17) is 18.0 Å². The Bertz CT molecular complexity index is 468. The summed E-state index contributed by atoms with van der Waals surface area (Å²) in [5.74, 6) is 0. The first-order valence-corrected chi connectivity index (χ1v) is 7.78. The molecule has 1 saturated heterocycles. The molecule has 1 aliphatic rings. The smallest absolute Gasteiger partial charge is 0.107 e. The van der Waals surface area contributed by atoms with E-state index in [2.05, 4.69) is 45.6 Å². The highest BCUT2D eigenvalue weighted by Gasteiger charge is 2.22. The number of nitrogens with zero attached hydrogens (tertiary/aromatic N) is 2. The zero-order chi connectivity index (χ0) is 14.0. The summed E-state index contributed by atoms with van der Waals surface area (Å²) in [5, 5.41) is 0. The van der Waals surface area contributed by atoms with E-state index >= 15 is 0 Å². The zero-order valence-electron chi connectivity index (χ0n) is 11.4. The summed E-state index contributed by atoms with van der Waals surface area (Å²) in [7, 11) is 0. The number of nitrogens with two attached hydrogens (primary N) is 1. The van der Waals surface area contributed by atoms with Crippen molar-refractivity contribution in [2.75, 3.05) is 31.1 Å². The summed E-state index contributed by atoms with van der Waals surface area (Å²) in [4.78, 5) is 5.32. The summed E-state index contributed by atoms with van der Waals surface area (Å²) >= 11 is 8.73. The minimum atomic E-state index is 0.453. The van der Waals surface area contributed by atoms with Crippen LogP contribution in [-0.2, 0) is 0 Å². The van der Waals surface area contributed by atoms with Crippen molar-refractivity contribution in [1.29, 1.82) is 0 Å². The molecule has 0 atom stereocenters. The van der Waals surface area contributed by atoms with Gasteiger partial charge < -0.3 is 10.6 Å². The number of rotatable bonds is 3. The highest BCUT2D eigenvalue weighted by molar-refractivity contribution is 9.10. The molecule has 0 amide bonds. The Morgan fingerprint density at radius 3 is 2.42 bits per heavy atom. The van der Waals surface area contributed by atoms with Gasteiger partial charge in [-0.25, -0.2) is 0 Å². The molecule has 0 bridgehead atoms. The van der Waals surface area contributed by atoms with Crippen molar-refractivity contribution in [3.05, 3.63) is 28.2 Å². The van der Waals surface area contributed by atoms with Crippen molar-refractivity contribution in [2.24, 2.45) is 5.73 Å². The number of halogens is 1. The Hall–Kier alpha value is -0.650. The normalized spacial score (nSPS) is 16.9. The predicted molar refractivity (Wildman–Crippen MR) is 89.0 cm³/mol. The van der Waals surface area contributed by atoms with Gasteiger partial charge in [-0.3, -0.25) is 4.90 Å². The van der Waals surface area contributed by atoms with Crippen molar-refractivity contribution >= 4 is 38.8 Å². The third kappa shape index (κ3) is 3.27. The molecule has 0 radical (unpaired) electrons. The van der Waals surface area contributed by atoms with Crippen LogP contribution in [0.2, 0.25) is 0 Å². The number of benzene rings is 1. The standard InChI is InChI=1S/C14H20BrN3S/c1-10(2)17-6-8-18(9-7-17)12-5-3-4-11(15)13(12)14(16)19/h3-5,10H,6-9H2,1-2H3,(H2,16,19). The molecule has 1 aromatic carbocycles. The molecular weight excluding hydrogens is 322 g/mol. The van der Waals surface area contributed by atoms with Crippen molar-refractivity contribution < 1.29 is 0 Å². The first-order chi connectivity index (χ1) is 9.00. The number of anilines is 1. The van der Waals surface area contributed by atoms with Crippen LogP contribution in [-0.4, -0.2) is 42.1 Å². The Labute approximate surface area is 128 Å². The molecule has 0 aliphatic carbocycles. The van der Waals surface area contributed by atoms with Crippen LogP contribution in [0.1, 0.15) is 19.4 Å². The van der Waals surface area contributed by atoms with E-state index in [1.54, 1.807) is 0 Å². The molecule has 0 aromatic heterocycles. The molecule has 0 spiro atoms. The van der Waals surface area contributed by atoms with E-state index in [1.807, 2.05) is 12.1 Å². The molecule has 2 N–H and O–H groups in total. The second-order valence-corrected chi connectivity index (χ2v) is 6.41.